The normalized spacial score (nSPS) is 22.6. The molecule has 51 heavy (non-hydrogen) atoms. The van der Waals surface area contributed by atoms with E-state index in [1.807, 2.05) is 80.3 Å². The minimum Gasteiger partial charge on any atom is -0.497 e. The fourth-order valence-electron chi connectivity index (χ4n) is 7.43. The summed E-state index contributed by atoms with van der Waals surface area (Å²) >= 11 is 0. The van der Waals surface area contributed by atoms with Gasteiger partial charge < -0.3 is 29.7 Å². The molecule has 3 aliphatic rings. The molecule has 0 bridgehead atoms. The number of aliphatic carboxylic acids is 1. The number of hydrogen-bond donors (Lipinski definition) is 2. The molecule has 2 aromatic carbocycles. The van der Waals surface area contributed by atoms with Gasteiger partial charge in [0.25, 0.3) is 0 Å². The first kappa shape index (κ1) is 35.9. The number of rotatable bonds is 10. The molecule has 1 aliphatic carbocycles. The number of ether oxygens (including phenoxy) is 2. The predicted octanol–water partition coefficient (Wildman–Crippen LogP) is 5.61. The summed E-state index contributed by atoms with van der Waals surface area (Å²) in [5.41, 5.74) is 0.461. The van der Waals surface area contributed by atoms with Crippen LogP contribution in [0.25, 0.3) is 22.2 Å². The zero-order valence-corrected chi connectivity index (χ0v) is 29.9. The van der Waals surface area contributed by atoms with Crippen LogP contribution in [0.2, 0.25) is 0 Å². The average Bonchev–Trinajstić information content (AvgIpc) is 3.55. The fourth-order valence-corrected chi connectivity index (χ4v) is 7.43. The largest absolute Gasteiger partial charge is 0.497 e. The van der Waals surface area contributed by atoms with Crippen LogP contribution in [0.4, 0.5) is 0 Å². The number of pyridine rings is 1. The molecule has 11 heteroatoms. The van der Waals surface area contributed by atoms with Crippen LogP contribution < -0.4 is 14.8 Å². The van der Waals surface area contributed by atoms with E-state index in [4.69, 9.17) is 14.5 Å². The maximum absolute atomic E-state index is 14.7. The van der Waals surface area contributed by atoms with Crippen molar-refractivity contribution in [2.24, 2.45) is 11.3 Å². The first-order chi connectivity index (χ1) is 24.3. The summed E-state index contributed by atoms with van der Waals surface area (Å²) in [7, 11) is 1.59. The smallest absolute Gasteiger partial charge is 0.333 e. The highest BCUT2D eigenvalue weighted by Crippen LogP contribution is 2.40. The zero-order chi connectivity index (χ0) is 36.5. The Hall–Kier alpha value is -4.93. The minimum absolute atomic E-state index is 0.0197. The number of aromatic nitrogens is 1. The van der Waals surface area contributed by atoms with Crippen LogP contribution in [0.3, 0.4) is 0 Å². The third-order valence-corrected chi connectivity index (χ3v) is 10.7. The number of piperidine rings is 1. The Labute approximate surface area is 299 Å². The van der Waals surface area contributed by atoms with E-state index in [1.165, 1.54) is 4.90 Å². The molecule has 0 radical (unpaired) electrons. The number of hydrogen-bond acceptors (Lipinski definition) is 7. The monoisotopic (exact) mass is 696 g/mol. The maximum atomic E-state index is 14.7. The first-order valence-electron chi connectivity index (χ1n) is 17.8. The van der Waals surface area contributed by atoms with Gasteiger partial charge in [0.15, 0.2) is 5.54 Å². The van der Waals surface area contributed by atoms with E-state index in [2.05, 4.69) is 11.9 Å². The van der Waals surface area contributed by atoms with Crippen LogP contribution in [0.5, 0.6) is 11.5 Å². The Bertz CT molecular complexity index is 1820. The van der Waals surface area contributed by atoms with Gasteiger partial charge >= 0.3 is 5.97 Å². The van der Waals surface area contributed by atoms with Crippen molar-refractivity contribution in [1.29, 1.82) is 0 Å². The lowest BCUT2D eigenvalue weighted by Gasteiger charge is -2.42. The number of benzene rings is 2. The molecule has 1 aromatic heterocycles. The van der Waals surface area contributed by atoms with E-state index < -0.39 is 40.9 Å². The summed E-state index contributed by atoms with van der Waals surface area (Å²) < 4.78 is 12.2. The van der Waals surface area contributed by atoms with Gasteiger partial charge in [-0.2, -0.15) is 0 Å². The molecule has 4 atom stereocenters. The van der Waals surface area contributed by atoms with Gasteiger partial charge in [-0.3, -0.25) is 14.4 Å². The second-order valence-corrected chi connectivity index (χ2v) is 15.1. The van der Waals surface area contributed by atoms with Gasteiger partial charge in [-0.25, -0.2) is 9.78 Å². The molecule has 11 nitrogen and oxygen atoms in total. The molecular weight excluding hydrogens is 648 g/mol. The van der Waals surface area contributed by atoms with Crippen molar-refractivity contribution in [2.45, 2.75) is 83.4 Å². The number of likely N-dealkylation sites (tertiary alicyclic amines) is 2. The second kappa shape index (κ2) is 14.4. The van der Waals surface area contributed by atoms with Crippen molar-refractivity contribution in [2.75, 3.05) is 26.7 Å². The number of fused-ring (bicyclic) bond motifs is 1. The van der Waals surface area contributed by atoms with Crippen molar-refractivity contribution in [3.05, 3.63) is 66.7 Å². The highest BCUT2D eigenvalue weighted by atomic mass is 16.5. The quantitative estimate of drug-likeness (QED) is 0.261. The van der Waals surface area contributed by atoms with Gasteiger partial charge in [0.2, 0.25) is 17.7 Å². The van der Waals surface area contributed by atoms with Crippen molar-refractivity contribution < 1.29 is 33.8 Å². The van der Waals surface area contributed by atoms with E-state index in [1.54, 1.807) is 7.11 Å². The van der Waals surface area contributed by atoms with E-state index >= 15 is 0 Å². The second-order valence-electron chi connectivity index (χ2n) is 15.1. The van der Waals surface area contributed by atoms with Crippen molar-refractivity contribution in [3.63, 3.8) is 0 Å². The van der Waals surface area contributed by atoms with Crippen LogP contribution in [0, 0.1) is 11.3 Å². The van der Waals surface area contributed by atoms with Crippen LogP contribution in [-0.2, 0) is 19.2 Å². The number of nitrogens with one attached hydrogen (secondary N) is 1. The third-order valence-electron chi connectivity index (χ3n) is 10.7. The lowest BCUT2D eigenvalue weighted by molar-refractivity contribution is -0.151. The highest BCUT2D eigenvalue weighted by molar-refractivity contribution is 5.96. The van der Waals surface area contributed by atoms with E-state index in [-0.39, 0.29) is 37.6 Å². The Kier molecular flexibility index (Phi) is 10.1. The summed E-state index contributed by atoms with van der Waals surface area (Å²) in [6.45, 7) is 11.1. The number of carboxylic acids is 1. The van der Waals surface area contributed by atoms with E-state index in [0.717, 1.165) is 30.2 Å². The van der Waals surface area contributed by atoms with Crippen molar-refractivity contribution in [1.82, 2.24) is 20.1 Å². The Balaban J connectivity index is 1.34. The maximum Gasteiger partial charge on any atom is 0.333 e. The molecule has 3 amide bonds. The molecule has 270 valence electrons. The molecule has 2 aliphatic heterocycles. The van der Waals surface area contributed by atoms with Crippen molar-refractivity contribution >= 4 is 34.6 Å². The summed E-state index contributed by atoms with van der Waals surface area (Å²) in [5.74, 6) is -1.71. The van der Waals surface area contributed by atoms with Gasteiger partial charge in [0.1, 0.15) is 23.6 Å². The SMILES string of the molecule is C=C1CCC1(NC(=O)[C@@H]1C[C@@H](Oc2cc(-c3ccccc3)nc3cc(OC)ccc23)CN1C(=O)[C@@H](CC(=O)N1CCCCC1)C(C)(C)C)C(=O)O. The molecule has 6 rings (SSSR count). The molecule has 0 spiro atoms. The molecule has 3 heterocycles. The predicted molar refractivity (Wildman–Crippen MR) is 193 cm³/mol. The Morgan fingerprint density at radius 2 is 1.78 bits per heavy atom. The molecule has 1 saturated carbocycles. The third kappa shape index (κ3) is 7.29. The summed E-state index contributed by atoms with van der Waals surface area (Å²) in [4.78, 5) is 62.9. The van der Waals surface area contributed by atoms with Gasteiger partial charge in [0, 0.05) is 49.0 Å². The van der Waals surface area contributed by atoms with Gasteiger partial charge in [-0.15, -0.1) is 0 Å². The van der Waals surface area contributed by atoms with Gasteiger partial charge in [-0.1, -0.05) is 57.7 Å². The number of nitrogens with zero attached hydrogens (tertiary/aromatic N) is 3. The Morgan fingerprint density at radius 1 is 1.06 bits per heavy atom. The fraction of sp³-hybridized carbons (Fsp3) is 0.475. The van der Waals surface area contributed by atoms with Crippen LogP contribution >= 0.6 is 0 Å². The van der Waals surface area contributed by atoms with Crippen molar-refractivity contribution in [3.8, 4) is 22.8 Å². The molecular formula is C40H48N4O7. The number of carboxylic acid groups (broad SMARTS) is 1. The lowest BCUT2D eigenvalue weighted by Crippen LogP contribution is -2.63. The standard InChI is InChI=1S/C40H48N4O7/c1-25-16-17-40(25,38(48)49)42-36(46)33-21-28(24-44(33)37(47)30(39(2,3)4)22-35(45)43-18-10-7-11-19-43)51-34-23-31(26-12-8-6-9-13-26)41-32-20-27(50-5)14-15-29(32)34/h6,8-9,12-15,20,23,28,30,33H,1,7,10-11,16-19,21-22,24H2,2-5H3,(H,42,46)(H,48,49)/t28-,30-,33+,40?/m1/s1. The van der Waals surface area contributed by atoms with Crippen LogP contribution in [-0.4, -0.2) is 88.0 Å². The molecule has 3 aromatic rings. The zero-order valence-electron chi connectivity index (χ0n) is 29.9. The van der Waals surface area contributed by atoms with Gasteiger partial charge in [0.05, 0.1) is 30.8 Å². The number of carbonyl (C=O) groups excluding carboxylic acids is 3. The Morgan fingerprint density at radius 3 is 2.39 bits per heavy atom. The number of amides is 3. The van der Waals surface area contributed by atoms with E-state index in [0.29, 0.717) is 47.8 Å². The summed E-state index contributed by atoms with van der Waals surface area (Å²) in [6, 6.07) is 16.1. The number of carbonyl (C=O) groups is 4. The summed E-state index contributed by atoms with van der Waals surface area (Å²) in [6.07, 6.45) is 3.18. The topological polar surface area (TPSA) is 138 Å². The van der Waals surface area contributed by atoms with Crippen LogP contribution in [0.1, 0.15) is 65.7 Å². The van der Waals surface area contributed by atoms with E-state index in [9.17, 15) is 24.3 Å². The average molecular weight is 697 g/mol. The van der Waals surface area contributed by atoms with Crippen LogP contribution in [0.15, 0.2) is 66.7 Å². The lowest BCUT2D eigenvalue weighted by atomic mass is 9.72. The van der Waals surface area contributed by atoms with Gasteiger partial charge in [-0.05, 0) is 55.2 Å². The summed E-state index contributed by atoms with van der Waals surface area (Å²) in [5, 5.41) is 13.6. The first-order valence-corrected chi connectivity index (χ1v) is 17.8. The molecule has 2 saturated heterocycles. The number of methoxy groups -OCH3 is 1. The molecule has 3 fully saturated rings. The highest BCUT2D eigenvalue weighted by Gasteiger charge is 2.52. The minimum atomic E-state index is -1.58. The molecule has 2 N–H and O–H groups in total. The molecule has 1 unspecified atom stereocenters.